The molecule has 0 bridgehead atoms. The fourth-order valence-corrected chi connectivity index (χ4v) is 4.85. The van der Waals surface area contributed by atoms with E-state index in [0.29, 0.717) is 17.4 Å². The Morgan fingerprint density at radius 3 is 2.62 bits per heavy atom. The molecule has 2 heterocycles. The number of rotatable bonds is 6. The second kappa shape index (κ2) is 9.13. The summed E-state index contributed by atoms with van der Waals surface area (Å²) in [6, 6.07) is 16.9. The van der Waals surface area contributed by atoms with Gasteiger partial charge in [-0.2, -0.15) is 5.10 Å². The number of aromatic nitrogens is 4. The van der Waals surface area contributed by atoms with Gasteiger partial charge in [-0.15, -0.1) is 0 Å². The largest absolute Gasteiger partial charge is 0.348 e. The first kappa shape index (κ1) is 21.9. The van der Waals surface area contributed by atoms with Crippen LogP contribution in [0.1, 0.15) is 42.6 Å². The van der Waals surface area contributed by atoms with Crippen LogP contribution in [-0.4, -0.2) is 24.8 Å². The van der Waals surface area contributed by atoms with Crippen LogP contribution in [0.2, 0.25) is 0 Å². The summed E-state index contributed by atoms with van der Waals surface area (Å²) in [7, 11) is 0. The summed E-state index contributed by atoms with van der Waals surface area (Å²) in [4.78, 5) is 38.7. The van der Waals surface area contributed by atoms with Crippen molar-refractivity contribution in [3.63, 3.8) is 0 Å². The maximum Gasteiger partial charge on any atom is 0.331 e. The fourth-order valence-electron chi connectivity index (χ4n) is 4.85. The lowest BCUT2D eigenvalue weighted by molar-refractivity contribution is -0.122. The molecule has 0 aliphatic heterocycles. The van der Waals surface area contributed by atoms with Crippen molar-refractivity contribution in [3.05, 3.63) is 98.5 Å². The van der Waals surface area contributed by atoms with Crippen LogP contribution in [0, 0.1) is 0 Å². The monoisotopic (exact) mass is 457 g/mol. The van der Waals surface area contributed by atoms with Crippen molar-refractivity contribution >= 4 is 16.8 Å². The second-order valence-electron chi connectivity index (χ2n) is 8.64. The lowest BCUT2D eigenvalue weighted by Gasteiger charge is -2.24. The van der Waals surface area contributed by atoms with E-state index in [9.17, 15) is 14.4 Å². The summed E-state index contributed by atoms with van der Waals surface area (Å²) in [6.07, 6.45) is 4.53. The minimum atomic E-state index is -0.471. The van der Waals surface area contributed by atoms with E-state index in [1.54, 1.807) is 31.2 Å². The molecule has 174 valence electrons. The van der Waals surface area contributed by atoms with Gasteiger partial charge in [0.15, 0.2) is 0 Å². The summed E-state index contributed by atoms with van der Waals surface area (Å²) < 4.78 is 4.57. The topological polar surface area (TPSA) is 90.9 Å². The van der Waals surface area contributed by atoms with E-state index in [1.807, 2.05) is 29.1 Å². The molecule has 5 rings (SSSR count). The molecule has 4 aromatic rings. The van der Waals surface area contributed by atoms with Gasteiger partial charge in [0.25, 0.3) is 5.56 Å². The van der Waals surface area contributed by atoms with Crippen molar-refractivity contribution in [1.29, 1.82) is 0 Å². The van der Waals surface area contributed by atoms with Crippen LogP contribution in [0.4, 0.5) is 0 Å². The number of hydrogen-bond acceptors (Lipinski definition) is 4. The fraction of sp³-hybridized carbons (Fsp3) is 0.308. The molecule has 1 atom stereocenters. The minimum Gasteiger partial charge on any atom is -0.348 e. The molecule has 1 aliphatic rings. The third kappa shape index (κ3) is 3.96. The molecule has 0 spiro atoms. The van der Waals surface area contributed by atoms with E-state index in [1.165, 1.54) is 14.7 Å². The molecule has 1 unspecified atom stereocenters. The molecular formula is C26H27N5O3. The minimum absolute atomic E-state index is 0.149. The van der Waals surface area contributed by atoms with Crippen LogP contribution in [0.3, 0.4) is 0 Å². The van der Waals surface area contributed by atoms with Crippen LogP contribution in [-0.2, 0) is 30.8 Å². The molecule has 0 fully saturated rings. The van der Waals surface area contributed by atoms with Gasteiger partial charge < -0.3 is 5.32 Å². The zero-order valence-electron chi connectivity index (χ0n) is 19.1. The van der Waals surface area contributed by atoms with Crippen LogP contribution < -0.4 is 16.6 Å². The Hall–Kier alpha value is -3.94. The van der Waals surface area contributed by atoms with E-state index in [0.717, 1.165) is 30.5 Å². The molecule has 2 aromatic carbocycles. The highest BCUT2D eigenvalue weighted by molar-refractivity contribution is 5.81. The zero-order chi connectivity index (χ0) is 23.7. The van der Waals surface area contributed by atoms with Crippen LogP contribution in [0.5, 0.6) is 0 Å². The predicted octanol–water partition coefficient (Wildman–Crippen LogP) is 2.62. The third-order valence-corrected chi connectivity index (χ3v) is 6.52. The number of fused-ring (bicyclic) bond motifs is 2. The molecule has 0 saturated heterocycles. The number of nitrogens with zero attached hydrogens (tertiary/aromatic N) is 4. The summed E-state index contributed by atoms with van der Waals surface area (Å²) >= 11 is 0. The smallest absolute Gasteiger partial charge is 0.331 e. The van der Waals surface area contributed by atoms with Crippen molar-refractivity contribution in [1.82, 2.24) is 24.2 Å². The maximum absolute atomic E-state index is 13.1. The standard InChI is InChI=1S/C26H27N5O3/c1-2-29-25(33)19-11-6-7-13-22(19)30(26(29)34)17-24(32)28-21-12-8-14-23-20(21)15-27-31(23)16-18-9-4-3-5-10-18/h3-7,9-11,13,15,21H,2,8,12,14,16-17H2,1H3,(H,28,32). The van der Waals surface area contributed by atoms with Gasteiger partial charge in [-0.1, -0.05) is 42.5 Å². The van der Waals surface area contributed by atoms with Gasteiger partial charge in [0.2, 0.25) is 5.91 Å². The van der Waals surface area contributed by atoms with E-state index in [2.05, 4.69) is 22.5 Å². The van der Waals surface area contributed by atoms with Crippen LogP contribution in [0.15, 0.2) is 70.4 Å². The number of para-hydroxylation sites is 1. The Balaban J connectivity index is 1.40. The molecular weight excluding hydrogens is 430 g/mol. The van der Waals surface area contributed by atoms with Gasteiger partial charge >= 0.3 is 5.69 Å². The first-order valence-corrected chi connectivity index (χ1v) is 11.7. The highest BCUT2D eigenvalue weighted by Gasteiger charge is 2.26. The van der Waals surface area contributed by atoms with Crippen LogP contribution >= 0.6 is 0 Å². The molecule has 2 aromatic heterocycles. The molecule has 1 amide bonds. The van der Waals surface area contributed by atoms with Gasteiger partial charge in [-0.3, -0.25) is 23.4 Å². The van der Waals surface area contributed by atoms with Gasteiger partial charge in [0.1, 0.15) is 6.54 Å². The Morgan fingerprint density at radius 1 is 1.06 bits per heavy atom. The molecule has 1 N–H and O–H groups in total. The summed E-state index contributed by atoms with van der Waals surface area (Å²) in [6.45, 7) is 2.54. The Morgan fingerprint density at radius 2 is 1.82 bits per heavy atom. The van der Waals surface area contributed by atoms with E-state index in [4.69, 9.17) is 0 Å². The number of benzene rings is 2. The molecule has 34 heavy (non-hydrogen) atoms. The first-order chi connectivity index (χ1) is 16.6. The van der Waals surface area contributed by atoms with Crippen LogP contribution in [0.25, 0.3) is 10.9 Å². The van der Waals surface area contributed by atoms with Gasteiger partial charge in [0.05, 0.1) is 29.7 Å². The average molecular weight is 458 g/mol. The average Bonchev–Trinajstić information content (AvgIpc) is 3.26. The molecule has 8 nitrogen and oxygen atoms in total. The van der Waals surface area contributed by atoms with Crippen molar-refractivity contribution in [2.45, 2.75) is 51.9 Å². The molecule has 8 heteroatoms. The molecule has 0 saturated carbocycles. The SMILES string of the molecule is CCn1c(=O)c2ccccc2n(CC(=O)NC2CCCc3c2cnn3Cc2ccccc2)c1=O. The number of amides is 1. The Kier molecular flexibility index (Phi) is 5.88. The number of carbonyl (C=O) groups excluding carboxylic acids is 1. The highest BCUT2D eigenvalue weighted by Crippen LogP contribution is 2.30. The van der Waals surface area contributed by atoms with Crippen molar-refractivity contribution in [3.8, 4) is 0 Å². The summed E-state index contributed by atoms with van der Waals surface area (Å²) in [5.74, 6) is -0.262. The normalized spacial score (nSPS) is 15.3. The Labute approximate surface area is 196 Å². The predicted molar refractivity (Wildman–Crippen MR) is 130 cm³/mol. The quantitative estimate of drug-likeness (QED) is 0.482. The molecule has 0 radical (unpaired) electrons. The second-order valence-corrected chi connectivity index (χ2v) is 8.64. The maximum atomic E-state index is 13.1. The highest BCUT2D eigenvalue weighted by atomic mass is 16.2. The van der Waals surface area contributed by atoms with E-state index >= 15 is 0 Å². The summed E-state index contributed by atoms with van der Waals surface area (Å²) in [5.41, 5.74) is 3.02. The summed E-state index contributed by atoms with van der Waals surface area (Å²) in [5, 5.41) is 8.13. The van der Waals surface area contributed by atoms with Crippen molar-refractivity contribution in [2.75, 3.05) is 0 Å². The number of nitrogens with one attached hydrogen (secondary N) is 1. The molecule has 1 aliphatic carbocycles. The van der Waals surface area contributed by atoms with Gasteiger partial charge in [-0.25, -0.2) is 4.79 Å². The third-order valence-electron chi connectivity index (χ3n) is 6.52. The number of hydrogen-bond donors (Lipinski definition) is 1. The van der Waals surface area contributed by atoms with Gasteiger partial charge in [0, 0.05) is 17.8 Å². The van der Waals surface area contributed by atoms with E-state index < -0.39 is 5.69 Å². The first-order valence-electron chi connectivity index (χ1n) is 11.7. The Bertz CT molecular complexity index is 1470. The van der Waals surface area contributed by atoms with Crippen molar-refractivity contribution in [2.24, 2.45) is 0 Å². The van der Waals surface area contributed by atoms with Crippen molar-refractivity contribution < 1.29 is 4.79 Å². The zero-order valence-corrected chi connectivity index (χ0v) is 19.1. The number of carbonyl (C=O) groups is 1. The lowest BCUT2D eigenvalue weighted by atomic mass is 9.93. The van der Waals surface area contributed by atoms with E-state index in [-0.39, 0.29) is 30.6 Å². The lowest BCUT2D eigenvalue weighted by Crippen LogP contribution is -2.43. The van der Waals surface area contributed by atoms with Gasteiger partial charge in [-0.05, 0) is 43.9 Å².